The van der Waals surface area contributed by atoms with Crippen LogP contribution >= 0.6 is 11.6 Å². The second kappa shape index (κ2) is 10.4. The van der Waals surface area contributed by atoms with Gasteiger partial charge in [-0.15, -0.1) is 0 Å². The van der Waals surface area contributed by atoms with Gasteiger partial charge in [-0.3, -0.25) is 4.68 Å². The van der Waals surface area contributed by atoms with E-state index in [4.69, 9.17) is 26.2 Å². The Bertz CT molecular complexity index is 1640. The van der Waals surface area contributed by atoms with Crippen LogP contribution in [-0.4, -0.2) is 61.5 Å². The molecule has 40 heavy (non-hydrogen) atoms. The molecule has 2 fully saturated rings. The van der Waals surface area contributed by atoms with Gasteiger partial charge in [-0.25, -0.2) is 0 Å². The van der Waals surface area contributed by atoms with E-state index in [-0.39, 0.29) is 19.3 Å². The van der Waals surface area contributed by atoms with E-state index in [1.807, 2.05) is 12.1 Å². The molecule has 3 atom stereocenters. The minimum Gasteiger partial charge on any atom is -0.459 e. The summed E-state index contributed by atoms with van der Waals surface area (Å²) in [5.41, 5.74) is 7.72. The number of imidazole rings is 1. The summed E-state index contributed by atoms with van der Waals surface area (Å²) in [6.45, 7) is 0.0472. The Balaban J connectivity index is 1.07. The lowest BCUT2D eigenvalue weighted by atomic mass is 9.99. The molecule has 0 amide bonds. The molecule has 5 aromatic rings. The monoisotopic (exact) mass is 556 g/mol. The van der Waals surface area contributed by atoms with Crippen LogP contribution in [0.4, 0.5) is 0 Å². The number of fused-ring (bicyclic) bond motifs is 1. The zero-order valence-corrected chi connectivity index (χ0v) is 22.5. The summed E-state index contributed by atoms with van der Waals surface area (Å²) in [5, 5.41) is 24.7. The van der Waals surface area contributed by atoms with Crippen molar-refractivity contribution in [3.05, 3.63) is 77.9 Å². The molecular weight excluding hydrogens is 528 g/mol. The van der Waals surface area contributed by atoms with E-state index < -0.39 is 12.2 Å². The number of aromatic nitrogens is 4. The highest BCUT2D eigenvalue weighted by Gasteiger charge is 2.31. The van der Waals surface area contributed by atoms with Crippen molar-refractivity contribution in [3.63, 3.8) is 0 Å². The molecule has 3 aromatic carbocycles. The highest BCUT2D eigenvalue weighted by molar-refractivity contribution is 6.34. The van der Waals surface area contributed by atoms with Gasteiger partial charge in [-0.1, -0.05) is 60.1 Å². The van der Waals surface area contributed by atoms with Crippen LogP contribution in [0.5, 0.6) is 6.01 Å². The van der Waals surface area contributed by atoms with Crippen molar-refractivity contribution in [1.29, 1.82) is 0 Å². The quantitative estimate of drug-likeness (QED) is 0.240. The molecule has 0 bridgehead atoms. The lowest BCUT2D eigenvalue weighted by molar-refractivity contribution is -0.131. The fourth-order valence-electron chi connectivity index (χ4n) is 5.24. The zero-order valence-electron chi connectivity index (χ0n) is 21.7. The molecule has 7 rings (SSSR count). The molecule has 2 aliphatic rings. The number of benzene rings is 3. The molecule has 2 aromatic heterocycles. The average Bonchev–Trinajstić information content (AvgIpc) is 3.57. The SMILES string of the molecule is OC[C@H]1OC[C@H](Oc2nc3cc(-c4ccc(-c5ccc(-c6ccn(C7CC7)n6)cc5)cc4)c(Cl)cc3[nH]2)C[C@@H]1O. The summed E-state index contributed by atoms with van der Waals surface area (Å²) in [6, 6.07) is 23.6. The Kier molecular flexibility index (Phi) is 6.56. The second-order valence-electron chi connectivity index (χ2n) is 10.6. The van der Waals surface area contributed by atoms with E-state index >= 15 is 0 Å². The standard InChI is InChI=1S/C31H29ClN4O4/c32-25-15-28-27(33-31(34-28)40-23-13-29(38)30(16-37)39-17-23)14-24(25)20-5-1-18(2-6-20)19-3-7-21(8-4-19)26-11-12-36(35-26)22-9-10-22/h1-8,11-12,14-15,22-23,29-30,37-38H,9-10,13,16-17H2,(H,33,34)/t23-,29+,30-/m1/s1. The highest BCUT2D eigenvalue weighted by Crippen LogP contribution is 2.36. The zero-order chi connectivity index (χ0) is 27.2. The average molecular weight is 557 g/mol. The number of hydrogen-bond acceptors (Lipinski definition) is 6. The molecule has 0 radical (unpaired) electrons. The first-order chi connectivity index (χ1) is 19.5. The third kappa shape index (κ3) is 4.99. The first-order valence-electron chi connectivity index (χ1n) is 13.6. The Morgan fingerprint density at radius 3 is 2.35 bits per heavy atom. The smallest absolute Gasteiger partial charge is 0.294 e. The van der Waals surface area contributed by atoms with Crippen molar-refractivity contribution in [2.75, 3.05) is 13.2 Å². The van der Waals surface area contributed by atoms with Gasteiger partial charge in [0.05, 0.1) is 47.1 Å². The maximum Gasteiger partial charge on any atom is 0.294 e. The van der Waals surface area contributed by atoms with Crippen LogP contribution < -0.4 is 4.74 Å². The van der Waals surface area contributed by atoms with Crippen LogP contribution in [0.2, 0.25) is 5.02 Å². The number of hydrogen-bond donors (Lipinski definition) is 3. The minimum absolute atomic E-state index is 0.222. The summed E-state index contributed by atoms with van der Waals surface area (Å²) in [4.78, 5) is 7.73. The van der Waals surface area contributed by atoms with Gasteiger partial charge in [0.1, 0.15) is 12.2 Å². The van der Waals surface area contributed by atoms with E-state index in [1.165, 1.54) is 12.8 Å². The second-order valence-corrected chi connectivity index (χ2v) is 11.0. The molecule has 0 unspecified atom stereocenters. The van der Waals surface area contributed by atoms with Gasteiger partial charge in [0.2, 0.25) is 0 Å². The summed E-state index contributed by atoms with van der Waals surface area (Å²) in [7, 11) is 0. The molecule has 9 heteroatoms. The van der Waals surface area contributed by atoms with Crippen LogP contribution in [0, 0.1) is 0 Å². The number of aliphatic hydroxyl groups is 2. The van der Waals surface area contributed by atoms with Crippen molar-refractivity contribution in [1.82, 2.24) is 19.7 Å². The van der Waals surface area contributed by atoms with Gasteiger partial charge < -0.3 is 24.7 Å². The van der Waals surface area contributed by atoms with Crippen LogP contribution in [0.15, 0.2) is 72.9 Å². The number of nitrogens with one attached hydrogen (secondary N) is 1. The van der Waals surface area contributed by atoms with E-state index in [0.717, 1.165) is 44.5 Å². The fourth-order valence-corrected chi connectivity index (χ4v) is 5.51. The lowest BCUT2D eigenvalue weighted by Gasteiger charge is -2.31. The van der Waals surface area contributed by atoms with Crippen LogP contribution in [0.1, 0.15) is 25.3 Å². The fraction of sp³-hybridized carbons (Fsp3) is 0.290. The molecule has 8 nitrogen and oxygen atoms in total. The molecule has 1 saturated heterocycles. The van der Waals surface area contributed by atoms with Crippen molar-refractivity contribution in [3.8, 4) is 39.5 Å². The first-order valence-corrected chi connectivity index (χ1v) is 13.9. The van der Waals surface area contributed by atoms with Crippen molar-refractivity contribution in [2.45, 2.75) is 43.6 Å². The van der Waals surface area contributed by atoms with Gasteiger partial charge in [-0.05, 0) is 47.7 Å². The van der Waals surface area contributed by atoms with Crippen molar-refractivity contribution >= 4 is 22.6 Å². The maximum atomic E-state index is 10.1. The number of rotatable bonds is 7. The van der Waals surface area contributed by atoms with E-state index in [1.54, 1.807) is 0 Å². The van der Waals surface area contributed by atoms with Gasteiger partial charge in [0, 0.05) is 23.7 Å². The van der Waals surface area contributed by atoms with Gasteiger partial charge in [0.25, 0.3) is 6.01 Å². The highest BCUT2D eigenvalue weighted by atomic mass is 35.5. The Morgan fingerprint density at radius 2 is 1.68 bits per heavy atom. The summed E-state index contributed by atoms with van der Waals surface area (Å²) in [6.07, 6.45) is 3.15. The Labute approximate surface area is 236 Å². The number of nitrogens with zero attached hydrogens (tertiary/aromatic N) is 3. The van der Waals surface area contributed by atoms with Gasteiger partial charge >= 0.3 is 0 Å². The number of halogens is 1. The summed E-state index contributed by atoms with van der Waals surface area (Å²) in [5.74, 6) is 0. The first kappa shape index (κ1) is 25.3. The van der Waals surface area contributed by atoms with E-state index in [9.17, 15) is 10.2 Å². The molecule has 1 saturated carbocycles. The molecule has 3 N–H and O–H groups in total. The Morgan fingerprint density at radius 1 is 0.975 bits per heavy atom. The topological polar surface area (TPSA) is 105 Å². The Hall–Kier alpha value is -3.69. The maximum absolute atomic E-state index is 10.1. The lowest BCUT2D eigenvalue weighted by Crippen LogP contribution is -2.45. The van der Waals surface area contributed by atoms with Crippen LogP contribution in [0.3, 0.4) is 0 Å². The predicted molar refractivity (Wildman–Crippen MR) is 153 cm³/mol. The molecule has 1 aliphatic carbocycles. The summed E-state index contributed by atoms with van der Waals surface area (Å²) >= 11 is 6.67. The van der Waals surface area contributed by atoms with E-state index in [0.29, 0.717) is 23.5 Å². The largest absolute Gasteiger partial charge is 0.459 e. The third-order valence-electron chi connectivity index (χ3n) is 7.68. The minimum atomic E-state index is -0.785. The number of aromatic amines is 1. The molecule has 1 aliphatic heterocycles. The van der Waals surface area contributed by atoms with Crippen molar-refractivity contribution < 1.29 is 19.7 Å². The number of H-pyrrole nitrogens is 1. The normalized spacial score (nSPS) is 21.1. The molecule has 3 heterocycles. The molecule has 0 spiro atoms. The third-order valence-corrected chi connectivity index (χ3v) is 7.99. The van der Waals surface area contributed by atoms with Crippen LogP contribution in [-0.2, 0) is 4.74 Å². The summed E-state index contributed by atoms with van der Waals surface area (Å²) < 4.78 is 13.5. The number of ether oxygens (including phenoxy) is 2. The molecule has 204 valence electrons. The van der Waals surface area contributed by atoms with Gasteiger partial charge in [-0.2, -0.15) is 10.1 Å². The van der Waals surface area contributed by atoms with Crippen molar-refractivity contribution in [2.24, 2.45) is 0 Å². The predicted octanol–water partition coefficient (Wildman–Crippen LogP) is 5.64. The number of aliphatic hydroxyl groups excluding tert-OH is 2. The van der Waals surface area contributed by atoms with E-state index in [2.05, 4.69) is 75.4 Å². The van der Waals surface area contributed by atoms with Gasteiger partial charge in [0.15, 0.2) is 0 Å². The van der Waals surface area contributed by atoms with Crippen LogP contribution in [0.25, 0.3) is 44.5 Å². The molecular formula is C31H29ClN4O4.